The second-order valence-corrected chi connectivity index (χ2v) is 6.82. The third kappa shape index (κ3) is 6.84. The maximum absolute atomic E-state index is 14.4. The highest BCUT2D eigenvalue weighted by Crippen LogP contribution is 2.27. The van der Waals surface area contributed by atoms with E-state index in [0.29, 0.717) is 36.2 Å². The van der Waals surface area contributed by atoms with Gasteiger partial charge in [0.25, 0.3) is 0 Å². The average molecular weight is 553 g/mol. The molecule has 0 amide bonds. The Balaban J connectivity index is 0.00000363. The summed E-state index contributed by atoms with van der Waals surface area (Å²) in [6.07, 6.45) is 5.69. The van der Waals surface area contributed by atoms with Crippen LogP contribution in [0.1, 0.15) is 18.1 Å². The highest BCUT2D eigenvalue weighted by Gasteiger charge is 2.07. The van der Waals surface area contributed by atoms with Crippen LogP contribution in [0.15, 0.2) is 60.1 Å². The zero-order valence-electron chi connectivity index (χ0n) is 18.5. The Kier molecular flexibility index (Phi) is 10.3. The van der Waals surface area contributed by atoms with Gasteiger partial charge < -0.3 is 24.7 Å². The topological polar surface area (TPSA) is 72.7 Å². The van der Waals surface area contributed by atoms with E-state index in [-0.39, 0.29) is 29.8 Å². The number of methoxy groups -OCH3 is 2. The van der Waals surface area contributed by atoms with E-state index in [0.717, 1.165) is 24.1 Å². The molecule has 2 N–H and O–H groups in total. The summed E-state index contributed by atoms with van der Waals surface area (Å²) in [6, 6.07) is 11.0. The minimum atomic E-state index is -0.308. The van der Waals surface area contributed by atoms with Crippen molar-refractivity contribution in [1.82, 2.24) is 20.2 Å². The highest BCUT2D eigenvalue weighted by atomic mass is 127. The molecule has 7 nitrogen and oxygen atoms in total. The summed E-state index contributed by atoms with van der Waals surface area (Å²) in [5.41, 5.74) is 2.38. The minimum absolute atomic E-state index is 0. The molecule has 9 heteroatoms. The zero-order chi connectivity index (χ0) is 22.1. The first-order valence-corrected chi connectivity index (χ1v) is 10.1. The quantitative estimate of drug-likeness (QED) is 0.239. The van der Waals surface area contributed by atoms with Gasteiger partial charge in [-0.2, -0.15) is 0 Å². The van der Waals surface area contributed by atoms with Crippen LogP contribution in [0.2, 0.25) is 0 Å². The summed E-state index contributed by atoms with van der Waals surface area (Å²) in [6.45, 7) is 3.79. The van der Waals surface area contributed by atoms with Crippen LogP contribution >= 0.6 is 24.0 Å². The number of halogens is 2. The van der Waals surface area contributed by atoms with Gasteiger partial charge in [-0.25, -0.2) is 14.4 Å². The molecule has 0 spiro atoms. The van der Waals surface area contributed by atoms with Gasteiger partial charge in [-0.1, -0.05) is 12.1 Å². The number of hydrogen-bond acceptors (Lipinski definition) is 4. The normalized spacial score (nSPS) is 10.9. The molecule has 0 saturated carbocycles. The van der Waals surface area contributed by atoms with Crippen molar-refractivity contribution in [2.75, 3.05) is 27.3 Å². The van der Waals surface area contributed by atoms with Crippen LogP contribution in [0, 0.1) is 5.82 Å². The Bertz CT molecular complexity index is 1010. The number of ether oxygens (including phenoxy) is 2. The van der Waals surface area contributed by atoms with Gasteiger partial charge in [-0.15, -0.1) is 24.0 Å². The van der Waals surface area contributed by atoms with Crippen molar-refractivity contribution in [3.63, 3.8) is 0 Å². The van der Waals surface area contributed by atoms with Gasteiger partial charge in [-0.05, 0) is 48.7 Å². The molecular formula is C23H29FIN5O2. The van der Waals surface area contributed by atoms with Crippen molar-refractivity contribution in [3.05, 3.63) is 72.1 Å². The molecule has 2 aromatic carbocycles. The smallest absolute Gasteiger partial charge is 0.191 e. The molecule has 0 aliphatic carbocycles. The van der Waals surface area contributed by atoms with E-state index < -0.39 is 0 Å². The average Bonchev–Trinajstić information content (AvgIpc) is 3.32. The number of imidazole rings is 1. The van der Waals surface area contributed by atoms with Crippen LogP contribution < -0.4 is 20.1 Å². The molecule has 3 aromatic rings. The van der Waals surface area contributed by atoms with Crippen molar-refractivity contribution in [3.8, 4) is 17.2 Å². The summed E-state index contributed by atoms with van der Waals surface area (Å²) in [4.78, 5) is 8.53. The Hall–Kier alpha value is -2.82. The lowest BCUT2D eigenvalue weighted by atomic mass is 10.1. The second-order valence-electron chi connectivity index (χ2n) is 6.82. The maximum Gasteiger partial charge on any atom is 0.191 e. The molecule has 0 radical (unpaired) electrons. The number of rotatable bonds is 9. The van der Waals surface area contributed by atoms with E-state index in [1.165, 1.54) is 6.07 Å². The van der Waals surface area contributed by atoms with Crippen molar-refractivity contribution >= 4 is 29.9 Å². The summed E-state index contributed by atoms with van der Waals surface area (Å²) in [7, 11) is 3.25. The fourth-order valence-corrected chi connectivity index (χ4v) is 3.13. The zero-order valence-corrected chi connectivity index (χ0v) is 20.8. The van der Waals surface area contributed by atoms with E-state index in [2.05, 4.69) is 20.6 Å². The van der Waals surface area contributed by atoms with E-state index in [9.17, 15) is 4.39 Å². The Labute approximate surface area is 205 Å². The van der Waals surface area contributed by atoms with Crippen LogP contribution in [0.4, 0.5) is 4.39 Å². The first kappa shape index (κ1) is 25.4. The Morgan fingerprint density at radius 1 is 1.06 bits per heavy atom. The monoisotopic (exact) mass is 553 g/mol. The van der Waals surface area contributed by atoms with Gasteiger partial charge in [0.15, 0.2) is 17.5 Å². The number of nitrogens with zero attached hydrogens (tertiary/aromatic N) is 3. The summed E-state index contributed by atoms with van der Waals surface area (Å²) >= 11 is 0. The fourth-order valence-electron chi connectivity index (χ4n) is 3.13. The van der Waals surface area contributed by atoms with Crippen LogP contribution in [-0.2, 0) is 13.0 Å². The van der Waals surface area contributed by atoms with Gasteiger partial charge in [0.1, 0.15) is 5.82 Å². The maximum atomic E-state index is 14.4. The van der Waals surface area contributed by atoms with Gasteiger partial charge in [-0.3, -0.25) is 0 Å². The number of aromatic nitrogens is 2. The fraction of sp³-hybridized carbons (Fsp3) is 0.304. The lowest BCUT2D eigenvalue weighted by molar-refractivity contribution is 0.354. The minimum Gasteiger partial charge on any atom is -0.493 e. The third-order valence-electron chi connectivity index (χ3n) is 4.71. The molecule has 1 aromatic heterocycles. The molecule has 0 aliphatic heterocycles. The van der Waals surface area contributed by atoms with Crippen molar-refractivity contribution < 1.29 is 13.9 Å². The summed E-state index contributed by atoms with van der Waals surface area (Å²) < 4.78 is 26.7. The summed E-state index contributed by atoms with van der Waals surface area (Å²) in [5, 5.41) is 6.53. The molecule has 32 heavy (non-hydrogen) atoms. The van der Waals surface area contributed by atoms with Crippen LogP contribution in [0.3, 0.4) is 0 Å². The molecule has 172 valence electrons. The Morgan fingerprint density at radius 2 is 1.84 bits per heavy atom. The van der Waals surface area contributed by atoms with E-state index in [4.69, 9.17) is 9.47 Å². The number of nitrogens with one attached hydrogen (secondary N) is 2. The van der Waals surface area contributed by atoms with E-state index in [1.807, 2.05) is 31.2 Å². The molecule has 3 rings (SSSR count). The van der Waals surface area contributed by atoms with E-state index >= 15 is 0 Å². The molecule has 0 atom stereocenters. The van der Waals surface area contributed by atoms with Crippen LogP contribution in [-0.4, -0.2) is 42.8 Å². The highest BCUT2D eigenvalue weighted by molar-refractivity contribution is 14.0. The predicted molar refractivity (Wildman–Crippen MR) is 135 cm³/mol. The summed E-state index contributed by atoms with van der Waals surface area (Å²) in [5.74, 6) is 1.79. The van der Waals surface area contributed by atoms with Gasteiger partial charge in [0, 0.05) is 25.5 Å². The lowest BCUT2D eigenvalue weighted by Crippen LogP contribution is -2.38. The molecule has 0 bridgehead atoms. The van der Waals surface area contributed by atoms with Gasteiger partial charge in [0.05, 0.1) is 32.8 Å². The van der Waals surface area contributed by atoms with Crippen molar-refractivity contribution in [1.29, 1.82) is 0 Å². The largest absolute Gasteiger partial charge is 0.493 e. The van der Waals surface area contributed by atoms with Crippen molar-refractivity contribution in [2.45, 2.75) is 19.9 Å². The Morgan fingerprint density at radius 3 is 2.50 bits per heavy atom. The molecule has 1 heterocycles. The number of guanidine groups is 1. The standard InChI is InChI=1S/C23H28FN5O2.HI/c1-4-26-23(27-10-9-17-6-8-21(30-2)22(14-17)31-3)28-15-18-5-7-20(19(24)13-18)29-12-11-25-16-29;/h5-8,11-14,16H,4,9-10,15H2,1-3H3,(H2,26,27,28);1H. The van der Waals surface area contributed by atoms with Crippen LogP contribution in [0.5, 0.6) is 11.5 Å². The van der Waals surface area contributed by atoms with Gasteiger partial charge in [0.2, 0.25) is 0 Å². The SMILES string of the molecule is CCNC(=NCc1ccc(-n2ccnc2)c(F)c1)NCCc1ccc(OC)c(OC)c1.I. The second kappa shape index (κ2) is 12.9. The number of aliphatic imine (C=N–C) groups is 1. The number of benzene rings is 2. The molecule has 0 aliphatic rings. The molecule has 0 unspecified atom stereocenters. The molecular weight excluding hydrogens is 524 g/mol. The first-order valence-electron chi connectivity index (χ1n) is 10.1. The molecule has 0 saturated heterocycles. The molecule has 0 fully saturated rings. The third-order valence-corrected chi connectivity index (χ3v) is 4.71. The van der Waals surface area contributed by atoms with Crippen LogP contribution in [0.25, 0.3) is 5.69 Å². The van der Waals surface area contributed by atoms with Gasteiger partial charge >= 0.3 is 0 Å². The predicted octanol–water partition coefficient (Wildman–Crippen LogP) is 3.94. The van der Waals surface area contributed by atoms with Crippen molar-refractivity contribution in [2.24, 2.45) is 4.99 Å². The first-order chi connectivity index (χ1) is 15.1. The lowest BCUT2D eigenvalue weighted by Gasteiger charge is -2.13. The van der Waals surface area contributed by atoms with E-state index in [1.54, 1.807) is 43.6 Å². The number of hydrogen-bond donors (Lipinski definition) is 2.